The minimum atomic E-state index is -0.471. The van der Waals surface area contributed by atoms with Gasteiger partial charge in [0.25, 0.3) is 11.6 Å². The van der Waals surface area contributed by atoms with E-state index in [1.807, 2.05) is 0 Å². The average Bonchev–Trinajstić information content (AvgIpc) is 2.95. The van der Waals surface area contributed by atoms with Gasteiger partial charge in [0, 0.05) is 18.5 Å². The topological polar surface area (TPSA) is 97.5 Å². The van der Waals surface area contributed by atoms with Crippen LogP contribution in [0.1, 0.15) is 22.2 Å². The molecule has 8 heteroatoms. The summed E-state index contributed by atoms with van der Waals surface area (Å²) < 4.78 is 0. The van der Waals surface area contributed by atoms with E-state index >= 15 is 0 Å². The number of nitrogens with one attached hydrogen (secondary N) is 1. The molecule has 102 valence electrons. The number of rotatable bonds is 4. The van der Waals surface area contributed by atoms with Crippen LogP contribution < -0.4 is 5.43 Å². The summed E-state index contributed by atoms with van der Waals surface area (Å²) in [5.41, 5.74) is 3.28. The number of thiophene rings is 1. The number of pyridine rings is 1. The molecule has 0 saturated heterocycles. The number of hydrazone groups is 1. The van der Waals surface area contributed by atoms with E-state index in [0.29, 0.717) is 16.2 Å². The monoisotopic (exact) mass is 290 g/mol. The molecule has 0 unspecified atom stereocenters. The van der Waals surface area contributed by atoms with Crippen LogP contribution in [0.25, 0.3) is 0 Å². The van der Waals surface area contributed by atoms with Crippen LogP contribution in [0.5, 0.6) is 0 Å². The molecule has 1 amide bonds. The highest BCUT2D eigenvalue weighted by atomic mass is 32.1. The van der Waals surface area contributed by atoms with Gasteiger partial charge < -0.3 is 0 Å². The molecule has 0 aliphatic rings. The van der Waals surface area contributed by atoms with Gasteiger partial charge in [-0.1, -0.05) is 0 Å². The van der Waals surface area contributed by atoms with E-state index in [2.05, 4.69) is 15.5 Å². The number of hydrogen-bond acceptors (Lipinski definition) is 6. The van der Waals surface area contributed by atoms with E-state index in [-0.39, 0.29) is 11.6 Å². The zero-order valence-corrected chi connectivity index (χ0v) is 11.3. The smallest absolute Gasteiger partial charge is 0.267 e. The van der Waals surface area contributed by atoms with Gasteiger partial charge in [0.05, 0.1) is 26.5 Å². The number of hydrogen-bond donors (Lipinski definition) is 1. The molecule has 2 aromatic heterocycles. The fourth-order valence-electron chi connectivity index (χ4n) is 1.36. The van der Waals surface area contributed by atoms with Gasteiger partial charge in [-0.05, 0) is 19.1 Å². The summed E-state index contributed by atoms with van der Waals surface area (Å²) in [5, 5.41) is 15.9. The van der Waals surface area contributed by atoms with Crippen molar-refractivity contribution >= 4 is 28.6 Å². The molecule has 0 aromatic carbocycles. The van der Waals surface area contributed by atoms with Crippen LogP contribution in [-0.4, -0.2) is 21.5 Å². The van der Waals surface area contributed by atoms with Crippen LogP contribution in [0.3, 0.4) is 0 Å². The van der Waals surface area contributed by atoms with Crippen molar-refractivity contribution in [2.24, 2.45) is 5.10 Å². The standard InChI is InChI=1S/C12H10N4O3S/c1-8(11-5-10(7-20-11)16(18)19)14-15-12(17)9-3-2-4-13-6-9/h2-7H,1H3,(H,15,17)/b14-8-. The minimum absolute atomic E-state index is 0.0122. The lowest BCUT2D eigenvalue weighted by atomic mass is 10.3. The second-order valence-electron chi connectivity index (χ2n) is 3.81. The van der Waals surface area contributed by atoms with Crippen molar-refractivity contribution in [1.29, 1.82) is 0 Å². The number of aromatic nitrogens is 1. The first-order valence-electron chi connectivity index (χ1n) is 5.56. The molecular weight excluding hydrogens is 280 g/mol. The lowest BCUT2D eigenvalue weighted by molar-refractivity contribution is -0.384. The van der Waals surface area contributed by atoms with E-state index in [1.54, 1.807) is 25.3 Å². The van der Waals surface area contributed by atoms with E-state index in [9.17, 15) is 14.9 Å². The third-order valence-corrected chi connectivity index (χ3v) is 3.43. The van der Waals surface area contributed by atoms with Gasteiger partial charge in [0.15, 0.2) is 0 Å². The second kappa shape index (κ2) is 6.02. The molecule has 0 aliphatic heterocycles. The van der Waals surface area contributed by atoms with Crippen LogP contribution >= 0.6 is 11.3 Å². The summed E-state index contributed by atoms with van der Waals surface area (Å²) in [5.74, 6) is -0.386. The molecule has 1 N–H and O–H groups in total. The van der Waals surface area contributed by atoms with E-state index < -0.39 is 4.92 Å². The molecule has 7 nitrogen and oxygen atoms in total. The Balaban J connectivity index is 2.07. The fourth-order valence-corrected chi connectivity index (χ4v) is 2.17. The lowest BCUT2D eigenvalue weighted by Crippen LogP contribution is -2.19. The van der Waals surface area contributed by atoms with Gasteiger partial charge in [-0.25, -0.2) is 5.43 Å². The Kier molecular flexibility index (Phi) is 4.16. The van der Waals surface area contributed by atoms with E-state index in [1.165, 1.54) is 29.0 Å². The van der Waals surface area contributed by atoms with Crippen molar-refractivity contribution in [2.75, 3.05) is 0 Å². The maximum absolute atomic E-state index is 11.7. The van der Waals surface area contributed by atoms with Crippen molar-refractivity contribution < 1.29 is 9.72 Å². The van der Waals surface area contributed by atoms with E-state index in [0.717, 1.165) is 0 Å². The van der Waals surface area contributed by atoms with E-state index in [4.69, 9.17) is 0 Å². The number of carbonyl (C=O) groups excluding carboxylic acids is 1. The van der Waals surface area contributed by atoms with Crippen molar-refractivity contribution in [1.82, 2.24) is 10.4 Å². The minimum Gasteiger partial charge on any atom is -0.267 e. The Hall–Kier alpha value is -2.61. The molecule has 0 radical (unpaired) electrons. The first kappa shape index (κ1) is 13.8. The van der Waals surface area contributed by atoms with Crippen LogP contribution in [0.4, 0.5) is 5.69 Å². The third-order valence-electron chi connectivity index (χ3n) is 2.40. The van der Waals surface area contributed by atoms with Crippen LogP contribution in [0.2, 0.25) is 0 Å². The number of nitrogens with zero attached hydrogens (tertiary/aromatic N) is 3. The summed E-state index contributed by atoms with van der Waals surface area (Å²) >= 11 is 1.20. The Morgan fingerprint density at radius 1 is 1.55 bits per heavy atom. The summed E-state index contributed by atoms with van der Waals surface area (Å²) in [6, 6.07) is 4.68. The SMILES string of the molecule is C/C(=N/NC(=O)c1cccnc1)c1cc([N+](=O)[O-])cs1. The predicted octanol–water partition coefficient (Wildman–Crippen LogP) is 2.21. The molecule has 2 heterocycles. The summed E-state index contributed by atoms with van der Waals surface area (Å²) in [6.45, 7) is 1.67. The van der Waals surface area contributed by atoms with Crippen molar-refractivity contribution in [3.8, 4) is 0 Å². The maximum atomic E-state index is 11.7. The number of nitro groups is 1. The summed E-state index contributed by atoms with van der Waals surface area (Å²) in [6.07, 6.45) is 2.99. The third kappa shape index (κ3) is 3.23. The maximum Gasteiger partial charge on any atom is 0.280 e. The molecular formula is C12H10N4O3S. The van der Waals surface area contributed by atoms with Gasteiger partial charge in [-0.15, -0.1) is 11.3 Å². The lowest BCUT2D eigenvalue weighted by Gasteiger charge is -2.00. The predicted molar refractivity (Wildman–Crippen MR) is 74.9 cm³/mol. The first-order valence-corrected chi connectivity index (χ1v) is 6.44. The van der Waals surface area contributed by atoms with Crippen molar-refractivity contribution in [3.63, 3.8) is 0 Å². The summed E-state index contributed by atoms with van der Waals surface area (Å²) in [4.78, 5) is 26.3. The Bertz CT molecular complexity index is 666. The number of amides is 1. The second-order valence-corrected chi connectivity index (χ2v) is 4.72. The molecule has 0 aliphatic carbocycles. The van der Waals surface area contributed by atoms with Crippen molar-refractivity contribution in [2.45, 2.75) is 6.92 Å². The Morgan fingerprint density at radius 2 is 2.35 bits per heavy atom. The highest BCUT2D eigenvalue weighted by molar-refractivity contribution is 7.12. The van der Waals surface area contributed by atoms with Gasteiger partial charge >= 0.3 is 0 Å². The first-order chi connectivity index (χ1) is 9.58. The molecule has 20 heavy (non-hydrogen) atoms. The van der Waals surface area contributed by atoms with Crippen LogP contribution in [0, 0.1) is 10.1 Å². The highest BCUT2D eigenvalue weighted by Crippen LogP contribution is 2.21. The molecule has 0 bridgehead atoms. The zero-order chi connectivity index (χ0) is 14.5. The molecule has 2 rings (SSSR count). The quantitative estimate of drug-likeness (QED) is 0.530. The fraction of sp³-hybridized carbons (Fsp3) is 0.0833. The average molecular weight is 290 g/mol. The molecule has 0 atom stereocenters. The van der Waals surface area contributed by atoms with Gasteiger partial charge in [-0.2, -0.15) is 5.10 Å². The normalized spacial score (nSPS) is 11.2. The van der Waals surface area contributed by atoms with Gasteiger partial charge in [0.1, 0.15) is 0 Å². The Morgan fingerprint density at radius 3 is 2.95 bits per heavy atom. The highest BCUT2D eigenvalue weighted by Gasteiger charge is 2.11. The van der Waals surface area contributed by atoms with Crippen molar-refractivity contribution in [3.05, 3.63) is 56.5 Å². The van der Waals surface area contributed by atoms with Crippen LogP contribution in [-0.2, 0) is 0 Å². The molecule has 2 aromatic rings. The molecule has 0 spiro atoms. The molecule has 0 saturated carbocycles. The zero-order valence-electron chi connectivity index (χ0n) is 10.4. The van der Waals surface area contributed by atoms with Gasteiger partial charge in [-0.3, -0.25) is 19.9 Å². The Labute approximate surface area is 118 Å². The largest absolute Gasteiger partial charge is 0.280 e. The molecule has 0 fully saturated rings. The van der Waals surface area contributed by atoms with Gasteiger partial charge in [0.2, 0.25) is 0 Å². The summed E-state index contributed by atoms with van der Waals surface area (Å²) in [7, 11) is 0. The number of carbonyl (C=O) groups is 1. The van der Waals surface area contributed by atoms with Crippen LogP contribution in [0.15, 0.2) is 41.1 Å².